The van der Waals surface area contributed by atoms with Gasteiger partial charge in [0.25, 0.3) is 0 Å². The van der Waals surface area contributed by atoms with Gasteiger partial charge in [0, 0.05) is 0 Å². The van der Waals surface area contributed by atoms with Crippen LogP contribution in [0, 0.1) is 5.92 Å². The molecule has 1 N–H and O–H groups in total. The molecule has 0 bridgehead atoms. The van der Waals surface area contributed by atoms with Gasteiger partial charge in [-0.2, -0.15) is 0 Å². The molecule has 1 atom stereocenters. The van der Waals surface area contributed by atoms with E-state index >= 15 is 0 Å². The molecule has 1 rings (SSSR count). The number of ether oxygens (including phenoxy) is 1. The van der Waals surface area contributed by atoms with Gasteiger partial charge in [0.2, 0.25) is 0 Å². The molecule has 0 fully saturated rings. The minimum Gasteiger partial charge on any atom is -0.488 e. The van der Waals surface area contributed by atoms with E-state index in [1.165, 1.54) is 0 Å². The van der Waals surface area contributed by atoms with E-state index in [1.54, 1.807) is 6.92 Å². The molecule has 4 heteroatoms. The lowest BCUT2D eigenvalue weighted by molar-refractivity contribution is -0.141. The highest BCUT2D eigenvalue weighted by molar-refractivity contribution is 9.10. The maximum Gasteiger partial charge on any atom is 0.306 e. The van der Waals surface area contributed by atoms with Crippen LogP contribution in [0.2, 0.25) is 0 Å². The molecule has 0 aliphatic carbocycles. The van der Waals surface area contributed by atoms with Crippen molar-refractivity contribution in [3.8, 4) is 5.75 Å². The van der Waals surface area contributed by atoms with Crippen molar-refractivity contribution >= 4 is 21.9 Å². The number of rotatable bonds is 6. The molecule has 1 aromatic rings. The molecule has 1 unspecified atom stereocenters. The maximum absolute atomic E-state index is 10.8. The lowest BCUT2D eigenvalue weighted by atomic mass is 10.0. The van der Waals surface area contributed by atoms with Crippen LogP contribution < -0.4 is 4.74 Å². The molecule has 98 valence electrons. The number of hydrogen-bond acceptors (Lipinski definition) is 2. The standard InChI is InChI=1S/C14H17BrO3/c1-9(2)8-18-13-5-4-11(7-12(13)15)6-10(3)14(16)17/h4-5,7,10H,1,6,8H2,2-3H3,(H,16,17). The lowest BCUT2D eigenvalue weighted by Gasteiger charge is -2.11. The summed E-state index contributed by atoms with van der Waals surface area (Å²) in [5.41, 5.74) is 1.92. The van der Waals surface area contributed by atoms with E-state index < -0.39 is 5.97 Å². The number of aliphatic carboxylic acids is 1. The molecule has 0 radical (unpaired) electrons. The average Bonchev–Trinajstić information content (AvgIpc) is 2.27. The minimum atomic E-state index is -0.784. The van der Waals surface area contributed by atoms with E-state index in [1.807, 2.05) is 25.1 Å². The Morgan fingerprint density at radius 2 is 2.22 bits per heavy atom. The summed E-state index contributed by atoms with van der Waals surface area (Å²) < 4.78 is 6.38. The number of carboxylic acids is 1. The van der Waals surface area contributed by atoms with Crippen molar-refractivity contribution in [3.63, 3.8) is 0 Å². The van der Waals surface area contributed by atoms with E-state index in [0.717, 1.165) is 21.4 Å². The maximum atomic E-state index is 10.8. The summed E-state index contributed by atoms with van der Waals surface area (Å²) in [5, 5.41) is 8.87. The van der Waals surface area contributed by atoms with Crippen molar-refractivity contribution in [3.05, 3.63) is 40.4 Å². The number of halogens is 1. The predicted octanol–water partition coefficient (Wildman–Crippen LogP) is 3.67. The van der Waals surface area contributed by atoms with Gasteiger partial charge in [-0.15, -0.1) is 0 Å². The van der Waals surface area contributed by atoms with Gasteiger partial charge in [0.05, 0.1) is 10.4 Å². The summed E-state index contributed by atoms with van der Waals surface area (Å²) in [6.45, 7) is 7.84. The third-order valence-corrected chi connectivity index (χ3v) is 3.05. The number of carboxylic acid groups (broad SMARTS) is 1. The van der Waals surface area contributed by atoms with Gasteiger partial charge in [-0.05, 0) is 52.5 Å². The van der Waals surface area contributed by atoms with Crippen LogP contribution in [-0.4, -0.2) is 17.7 Å². The Labute approximate surface area is 116 Å². The fourth-order valence-electron chi connectivity index (χ4n) is 1.43. The van der Waals surface area contributed by atoms with Gasteiger partial charge in [-0.3, -0.25) is 4.79 Å². The highest BCUT2D eigenvalue weighted by atomic mass is 79.9. The normalized spacial score (nSPS) is 11.9. The summed E-state index contributed by atoms with van der Waals surface area (Å²) >= 11 is 3.42. The zero-order chi connectivity index (χ0) is 13.7. The molecule has 18 heavy (non-hydrogen) atoms. The van der Waals surface area contributed by atoms with Gasteiger partial charge in [-0.1, -0.05) is 19.6 Å². The van der Waals surface area contributed by atoms with Crippen molar-refractivity contribution in [2.75, 3.05) is 6.61 Å². The van der Waals surface area contributed by atoms with Crippen LogP contribution >= 0.6 is 15.9 Å². The molecule has 0 amide bonds. The quantitative estimate of drug-likeness (QED) is 0.815. The van der Waals surface area contributed by atoms with Crippen molar-refractivity contribution < 1.29 is 14.6 Å². The van der Waals surface area contributed by atoms with Gasteiger partial charge in [0.1, 0.15) is 12.4 Å². The first-order valence-electron chi connectivity index (χ1n) is 5.68. The van der Waals surface area contributed by atoms with Gasteiger partial charge >= 0.3 is 5.97 Å². The molecule has 0 aliphatic heterocycles. The SMILES string of the molecule is C=C(C)COc1ccc(CC(C)C(=O)O)cc1Br. The monoisotopic (exact) mass is 312 g/mol. The van der Waals surface area contributed by atoms with Crippen molar-refractivity contribution in [1.29, 1.82) is 0 Å². The molecule has 1 aromatic carbocycles. The number of benzene rings is 1. The first-order valence-corrected chi connectivity index (χ1v) is 6.48. The average molecular weight is 313 g/mol. The van der Waals surface area contributed by atoms with E-state index in [4.69, 9.17) is 9.84 Å². The van der Waals surface area contributed by atoms with Crippen molar-refractivity contribution in [2.45, 2.75) is 20.3 Å². The van der Waals surface area contributed by atoms with Crippen LogP contribution in [0.1, 0.15) is 19.4 Å². The summed E-state index contributed by atoms with van der Waals surface area (Å²) in [7, 11) is 0. The first kappa shape index (κ1) is 14.8. The lowest BCUT2D eigenvalue weighted by Crippen LogP contribution is -2.12. The Morgan fingerprint density at radius 3 is 2.72 bits per heavy atom. The van der Waals surface area contributed by atoms with Gasteiger partial charge < -0.3 is 9.84 Å². The zero-order valence-corrected chi connectivity index (χ0v) is 12.2. The van der Waals surface area contributed by atoms with E-state index in [2.05, 4.69) is 22.5 Å². The fourth-order valence-corrected chi connectivity index (χ4v) is 1.97. The molecular formula is C14H17BrO3. The van der Waals surface area contributed by atoms with Crippen LogP contribution in [0.5, 0.6) is 5.75 Å². The predicted molar refractivity (Wildman–Crippen MR) is 75.0 cm³/mol. The number of carbonyl (C=O) groups is 1. The highest BCUT2D eigenvalue weighted by Crippen LogP contribution is 2.27. The Bertz CT molecular complexity index is 454. The third-order valence-electron chi connectivity index (χ3n) is 2.43. The molecule has 3 nitrogen and oxygen atoms in total. The van der Waals surface area contributed by atoms with Crippen LogP contribution in [0.3, 0.4) is 0 Å². The zero-order valence-electron chi connectivity index (χ0n) is 10.6. The largest absolute Gasteiger partial charge is 0.488 e. The summed E-state index contributed by atoms with van der Waals surface area (Å²) in [5.74, 6) is -0.433. The summed E-state index contributed by atoms with van der Waals surface area (Å²) in [4.78, 5) is 10.8. The fraction of sp³-hybridized carbons (Fsp3) is 0.357. The highest BCUT2D eigenvalue weighted by Gasteiger charge is 2.12. The second-order valence-electron chi connectivity index (χ2n) is 4.45. The molecular weight excluding hydrogens is 296 g/mol. The molecule has 0 heterocycles. The van der Waals surface area contributed by atoms with Gasteiger partial charge in [-0.25, -0.2) is 0 Å². The Balaban J connectivity index is 2.73. The van der Waals surface area contributed by atoms with Crippen LogP contribution in [0.15, 0.2) is 34.8 Å². The van der Waals surface area contributed by atoms with Crippen LogP contribution in [0.25, 0.3) is 0 Å². The molecule has 0 aromatic heterocycles. The van der Waals surface area contributed by atoms with Gasteiger partial charge in [0.15, 0.2) is 0 Å². The number of hydrogen-bond donors (Lipinski definition) is 1. The Hall–Kier alpha value is -1.29. The molecule has 0 saturated heterocycles. The Kier molecular flexibility index (Phi) is 5.41. The first-order chi connectivity index (χ1) is 8.40. The van der Waals surface area contributed by atoms with Crippen LogP contribution in [-0.2, 0) is 11.2 Å². The Morgan fingerprint density at radius 1 is 1.56 bits per heavy atom. The van der Waals surface area contributed by atoms with E-state index in [-0.39, 0.29) is 5.92 Å². The van der Waals surface area contributed by atoms with E-state index in [0.29, 0.717) is 13.0 Å². The van der Waals surface area contributed by atoms with E-state index in [9.17, 15) is 4.79 Å². The third kappa shape index (κ3) is 4.53. The van der Waals surface area contributed by atoms with Crippen LogP contribution in [0.4, 0.5) is 0 Å². The second kappa shape index (κ2) is 6.59. The minimum absolute atomic E-state index is 0.390. The second-order valence-corrected chi connectivity index (χ2v) is 5.31. The summed E-state index contributed by atoms with van der Waals surface area (Å²) in [6.07, 6.45) is 0.509. The smallest absolute Gasteiger partial charge is 0.306 e. The molecule has 0 aliphatic rings. The van der Waals surface area contributed by atoms with Crippen molar-refractivity contribution in [2.24, 2.45) is 5.92 Å². The van der Waals surface area contributed by atoms with Crippen molar-refractivity contribution in [1.82, 2.24) is 0 Å². The molecule has 0 spiro atoms. The molecule has 0 saturated carbocycles. The topological polar surface area (TPSA) is 46.5 Å². The summed E-state index contributed by atoms with van der Waals surface area (Å²) in [6, 6.07) is 5.63.